The molecule has 4 nitrogen and oxygen atoms in total. The van der Waals surface area contributed by atoms with Crippen LogP contribution in [0, 0.1) is 0 Å². The monoisotopic (exact) mass is 314 g/mol. The van der Waals surface area contributed by atoms with E-state index in [1.54, 1.807) is 4.57 Å². The highest BCUT2D eigenvalue weighted by Gasteiger charge is 2.16. The van der Waals surface area contributed by atoms with Crippen molar-refractivity contribution in [2.45, 2.75) is 13.0 Å². The molecule has 5 heteroatoms. The van der Waals surface area contributed by atoms with Crippen molar-refractivity contribution in [2.75, 3.05) is 5.88 Å². The molecular weight excluding hydrogens is 300 g/mol. The summed E-state index contributed by atoms with van der Waals surface area (Å²) in [6.45, 7) is 0.229. The lowest BCUT2D eigenvalue weighted by Gasteiger charge is -2.08. The summed E-state index contributed by atoms with van der Waals surface area (Å²) in [6, 6.07) is 17.0. The number of hydrogen-bond acceptors (Lipinski definition) is 3. The van der Waals surface area contributed by atoms with E-state index in [0.717, 1.165) is 16.8 Å². The molecule has 0 aliphatic heterocycles. The Morgan fingerprint density at radius 1 is 1.09 bits per heavy atom. The number of carbonyl (C=O) groups is 1. The molecule has 3 rings (SSSR count). The van der Waals surface area contributed by atoms with Gasteiger partial charge in [-0.05, 0) is 24.3 Å². The van der Waals surface area contributed by atoms with Gasteiger partial charge in [-0.2, -0.15) is 0 Å². The zero-order valence-corrected chi connectivity index (χ0v) is 12.7. The maximum atomic E-state index is 12.3. The minimum absolute atomic E-state index is 0.0737. The summed E-state index contributed by atoms with van der Waals surface area (Å²) in [6.07, 6.45) is 0.264. The Kier molecular flexibility index (Phi) is 4.39. The Bertz CT molecular complexity index is 784. The Labute approximate surface area is 133 Å². The first-order chi connectivity index (χ1) is 10.8. The van der Waals surface area contributed by atoms with Crippen molar-refractivity contribution >= 4 is 28.5 Å². The molecule has 3 aromatic rings. The van der Waals surface area contributed by atoms with Crippen LogP contribution in [0.1, 0.15) is 17.0 Å². The van der Waals surface area contributed by atoms with Crippen molar-refractivity contribution in [3.05, 3.63) is 60.4 Å². The topological polar surface area (TPSA) is 44.1 Å². The van der Waals surface area contributed by atoms with Crippen molar-refractivity contribution < 1.29 is 9.53 Å². The third-order valence-corrected chi connectivity index (χ3v) is 3.49. The Balaban J connectivity index is 1.94. The molecule has 1 heterocycles. The number of alkyl halides is 1. The second kappa shape index (κ2) is 6.62. The van der Waals surface area contributed by atoms with E-state index < -0.39 is 0 Å². The van der Waals surface area contributed by atoms with Crippen LogP contribution in [0.2, 0.25) is 0 Å². The molecule has 0 saturated carbocycles. The van der Waals surface area contributed by atoms with E-state index in [-0.39, 0.29) is 24.8 Å². The van der Waals surface area contributed by atoms with Crippen LogP contribution in [0.25, 0.3) is 11.0 Å². The molecular formula is C17H15ClN2O2. The molecule has 0 spiro atoms. The molecule has 0 saturated heterocycles. The Morgan fingerprint density at radius 3 is 2.59 bits per heavy atom. The van der Waals surface area contributed by atoms with E-state index in [1.165, 1.54) is 0 Å². The lowest BCUT2D eigenvalue weighted by Crippen LogP contribution is -2.16. The van der Waals surface area contributed by atoms with Crippen LogP contribution in [0.5, 0.6) is 5.75 Å². The maximum Gasteiger partial charge on any atom is 0.233 e. The first-order valence-electron chi connectivity index (χ1n) is 7.03. The lowest BCUT2D eigenvalue weighted by atomic mass is 10.3. The number of imidazole rings is 1. The smallest absolute Gasteiger partial charge is 0.233 e. The molecule has 0 atom stereocenters. The normalized spacial score (nSPS) is 10.8. The largest absolute Gasteiger partial charge is 0.486 e. The summed E-state index contributed by atoms with van der Waals surface area (Å²) in [4.78, 5) is 16.8. The fraction of sp³-hybridized carbons (Fsp3) is 0.176. The zero-order valence-electron chi connectivity index (χ0n) is 11.9. The van der Waals surface area contributed by atoms with Gasteiger partial charge in [-0.3, -0.25) is 9.36 Å². The van der Waals surface area contributed by atoms with Gasteiger partial charge in [0.1, 0.15) is 12.4 Å². The number of halogens is 1. The average molecular weight is 315 g/mol. The fourth-order valence-electron chi connectivity index (χ4n) is 2.31. The van der Waals surface area contributed by atoms with Gasteiger partial charge < -0.3 is 4.74 Å². The van der Waals surface area contributed by atoms with Crippen LogP contribution in [0.3, 0.4) is 0 Å². The summed E-state index contributed by atoms with van der Waals surface area (Å²) in [5.41, 5.74) is 1.56. The van der Waals surface area contributed by atoms with Crippen molar-refractivity contribution in [1.29, 1.82) is 0 Å². The van der Waals surface area contributed by atoms with Crippen LogP contribution >= 0.6 is 11.6 Å². The van der Waals surface area contributed by atoms with Crippen molar-refractivity contribution in [2.24, 2.45) is 0 Å². The van der Waals surface area contributed by atoms with Gasteiger partial charge >= 0.3 is 0 Å². The number of rotatable bonds is 5. The zero-order chi connectivity index (χ0) is 15.4. The predicted octanol–water partition coefficient (Wildman–Crippen LogP) is 3.88. The molecule has 22 heavy (non-hydrogen) atoms. The molecule has 112 valence electrons. The van der Waals surface area contributed by atoms with E-state index >= 15 is 0 Å². The number of hydrogen-bond donors (Lipinski definition) is 0. The van der Waals surface area contributed by atoms with Crippen molar-refractivity contribution in [3.63, 3.8) is 0 Å². The molecule has 0 N–H and O–H groups in total. The average Bonchev–Trinajstić information content (AvgIpc) is 2.92. The number of para-hydroxylation sites is 3. The summed E-state index contributed by atoms with van der Waals surface area (Å²) >= 11 is 5.70. The van der Waals surface area contributed by atoms with E-state index in [2.05, 4.69) is 4.98 Å². The minimum Gasteiger partial charge on any atom is -0.486 e. The Morgan fingerprint density at radius 2 is 1.82 bits per heavy atom. The van der Waals surface area contributed by atoms with Gasteiger partial charge in [-0.1, -0.05) is 30.3 Å². The predicted molar refractivity (Wildman–Crippen MR) is 86.5 cm³/mol. The highest BCUT2D eigenvalue weighted by Crippen LogP contribution is 2.19. The number of fused-ring (bicyclic) bond motifs is 1. The maximum absolute atomic E-state index is 12.3. The standard InChI is InChI=1S/C17H15ClN2O2/c18-11-10-17(21)20-15-9-5-4-8-14(15)19-16(20)12-22-13-6-2-1-3-7-13/h1-9H,10-12H2. The SMILES string of the molecule is O=C(CCCl)n1c(COc2ccccc2)nc2ccccc21. The third kappa shape index (κ3) is 2.97. The highest BCUT2D eigenvalue weighted by atomic mass is 35.5. The first-order valence-corrected chi connectivity index (χ1v) is 7.56. The number of benzene rings is 2. The van der Waals surface area contributed by atoms with Gasteiger partial charge in [0.25, 0.3) is 0 Å². The number of carbonyl (C=O) groups excluding carboxylic acids is 1. The van der Waals surface area contributed by atoms with Gasteiger partial charge in [0.15, 0.2) is 5.82 Å². The molecule has 0 amide bonds. The molecule has 0 bridgehead atoms. The lowest BCUT2D eigenvalue weighted by molar-refractivity contribution is 0.0906. The van der Waals surface area contributed by atoms with Gasteiger partial charge in [0.2, 0.25) is 5.91 Å². The number of nitrogens with zero attached hydrogens (tertiary/aromatic N) is 2. The molecule has 0 unspecified atom stereocenters. The van der Waals surface area contributed by atoms with E-state index in [0.29, 0.717) is 5.82 Å². The second-order valence-electron chi connectivity index (χ2n) is 4.79. The summed E-state index contributed by atoms with van der Waals surface area (Å²) in [5, 5.41) is 0. The van der Waals surface area contributed by atoms with Gasteiger partial charge in [-0.25, -0.2) is 4.98 Å². The van der Waals surface area contributed by atoms with Gasteiger partial charge in [0.05, 0.1) is 11.0 Å². The van der Waals surface area contributed by atoms with Crippen molar-refractivity contribution in [1.82, 2.24) is 9.55 Å². The van der Waals surface area contributed by atoms with Gasteiger partial charge in [-0.15, -0.1) is 11.6 Å². The molecule has 0 fully saturated rings. The summed E-state index contributed by atoms with van der Waals surface area (Å²) in [7, 11) is 0. The minimum atomic E-state index is -0.0737. The Hall–Kier alpha value is -2.33. The van der Waals surface area contributed by atoms with E-state index in [4.69, 9.17) is 16.3 Å². The quantitative estimate of drug-likeness (QED) is 0.671. The van der Waals surface area contributed by atoms with Crippen LogP contribution in [-0.2, 0) is 6.61 Å². The third-order valence-electron chi connectivity index (χ3n) is 3.30. The molecule has 0 aliphatic rings. The summed E-state index contributed by atoms with van der Waals surface area (Å²) < 4.78 is 7.32. The summed E-state index contributed by atoms with van der Waals surface area (Å²) in [5.74, 6) is 1.53. The van der Waals surface area contributed by atoms with Crippen LogP contribution in [0.4, 0.5) is 0 Å². The molecule has 0 radical (unpaired) electrons. The van der Waals surface area contributed by atoms with Gasteiger partial charge in [0, 0.05) is 12.3 Å². The molecule has 0 aliphatic carbocycles. The van der Waals surface area contributed by atoms with E-state index in [1.807, 2.05) is 54.6 Å². The highest BCUT2D eigenvalue weighted by molar-refractivity contribution is 6.19. The van der Waals surface area contributed by atoms with Crippen LogP contribution in [0.15, 0.2) is 54.6 Å². The van der Waals surface area contributed by atoms with Crippen LogP contribution < -0.4 is 4.74 Å². The molecule has 2 aromatic carbocycles. The van der Waals surface area contributed by atoms with Crippen molar-refractivity contribution in [3.8, 4) is 5.75 Å². The van der Waals surface area contributed by atoms with Crippen LogP contribution in [-0.4, -0.2) is 21.3 Å². The fourth-order valence-corrected chi connectivity index (χ4v) is 2.47. The number of ether oxygens (including phenoxy) is 1. The first kappa shape index (κ1) is 14.6. The number of aromatic nitrogens is 2. The molecule has 1 aromatic heterocycles. The second-order valence-corrected chi connectivity index (χ2v) is 5.16. The van der Waals surface area contributed by atoms with E-state index in [9.17, 15) is 4.79 Å².